The molecule has 1 heterocycles. The molecule has 1 unspecified atom stereocenters. The monoisotopic (exact) mass is 311 g/mol. The minimum atomic E-state index is -0.467. The van der Waals surface area contributed by atoms with Gasteiger partial charge < -0.3 is 20.7 Å². The number of piperazine rings is 1. The largest absolute Gasteiger partial charge is 0.450 e. The van der Waals surface area contributed by atoms with Gasteiger partial charge in [0, 0.05) is 38.6 Å². The van der Waals surface area contributed by atoms with Gasteiger partial charge in [-0.05, 0) is 18.6 Å². The van der Waals surface area contributed by atoms with Crippen LogP contribution < -0.4 is 16.0 Å². The number of carbonyl (C=O) groups is 1. The van der Waals surface area contributed by atoms with E-state index in [9.17, 15) is 9.18 Å². The minimum Gasteiger partial charge on any atom is -0.450 e. The van der Waals surface area contributed by atoms with E-state index in [0.29, 0.717) is 18.7 Å². The van der Waals surface area contributed by atoms with Crippen LogP contribution in [0.2, 0.25) is 0 Å². The predicted molar refractivity (Wildman–Crippen MR) is 85.6 cm³/mol. The van der Waals surface area contributed by atoms with Gasteiger partial charge in [-0.25, -0.2) is 9.18 Å². The Morgan fingerprint density at radius 2 is 1.86 bits per heavy atom. The number of carbonyl (C=O) groups excluding carboxylic acids is 1. The molecule has 6 heteroatoms. The number of amides is 1. The van der Waals surface area contributed by atoms with Crippen LogP contribution in [0.4, 0.5) is 9.18 Å². The fourth-order valence-corrected chi connectivity index (χ4v) is 2.01. The van der Waals surface area contributed by atoms with Crippen molar-refractivity contribution in [1.29, 1.82) is 0 Å². The van der Waals surface area contributed by atoms with Gasteiger partial charge in [-0.1, -0.05) is 25.1 Å². The first-order valence-corrected chi connectivity index (χ1v) is 7.71. The van der Waals surface area contributed by atoms with Crippen LogP contribution >= 0.6 is 0 Å². The van der Waals surface area contributed by atoms with Gasteiger partial charge in [0.25, 0.3) is 0 Å². The fourth-order valence-electron chi connectivity index (χ4n) is 2.01. The molecule has 5 nitrogen and oxygen atoms in total. The maximum atomic E-state index is 13.4. The summed E-state index contributed by atoms with van der Waals surface area (Å²) in [6, 6.07) is 6.55. The second-order valence-electron chi connectivity index (χ2n) is 5.02. The number of alkyl carbamates (subject to hydrolysis) is 1. The molecule has 1 aliphatic heterocycles. The summed E-state index contributed by atoms with van der Waals surface area (Å²) >= 11 is 0. The first kappa shape index (κ1) is 18.4. The Hall–Kier alpha value is -1.66. The van der Waals surface area contributed by atoms with Crippen LogP contribution in [0.15, 0.2) is 24.3 Å². The first-order chi connectivity index (χ1) is 10.6. The quantitative estimate of drug-likeness (QED) is 0.794. The summed E-state index contributed by atoms with van der Waals surface area (Å²) in [6.07, 6.45) is -0.467. The van der Waals surface area contributed by atoms with Gasteiger partial charge in [-0.2, -0.15) is 0 Å². The molecule has 124 valence electrons. The smallest absolute Gasteiger partial charge is 0.407 e. The Labute approximate surface area is 131 Å². The highest BCUT2D eigenvalue weighted by Crippen LogP contribution is 2.17. The summed E-state index contributed by atoms with van der Waals surface area (Å²) in [7, 11) is 0. The standard InChI is InChI=1S/C12H16FNO2.C4H10N2/c1-3-16-12(15)14-8-9(2)10-6-4-5-7-11(10)13;1-2-6-4-3-5-1/h4-7,9H,3,8H2,1-2H3,(H,14,15);5-6H,1-4H2. The van der Waals surface area contributed by atoms with Crippen molar-refractivity contribution in [3.05, 3.63) is 35.6 Å². The van der Waals surface area contributed by atoms with Crippen molar-refractivity contribution in [3.8, 4) is 0 Å². The Balaban J connectivity index is 0.000000335. The fraction of sp³-hybridized carbons (Fsp3) is 0.562. The summed E-state index contributed by atoms with van der Waals surface area (Å²) in [5.74, 6) is -0.328. The zero-order chi connectivity index (χ0) is 16.2. The molecule has 0 aliphatic carbocycles. The van der Waals surface area contributed by atoms with Crippen LogP contribution in [-0.4, -0.2) is 45.4 Å². The average Bonchev–Trinajstić information content (AvgIpc) is 2.55. The molecule has 0 radical (unpaired) electrons. The summed E-state index contributed by atoms with van der Waals surface area (Å²) < 4.78 is 18.1. The maximum Gasteiger partial charge on any atom is 0.407 e. The van der Waals surface area contributed by atoms with Crippen LogP contribution in [0.3, 0.4) is 0 Å². The number of hydrogen-bond acceptors (Lipinski definition) is 4. The van der Waals surface area contributed by atoms with E-state index in [1.807, 2.05) is 6.92 Å². The molecule has 1 aromatic rings. The van der Waals surface area contributed by atoms with Gasteiger partial charge in [0.15, 0.2) is 0 Å². The number of ether oxygens (including phenoxy) is 1. The number of hydrogen-bond donors (Lipinski definition) is 3. The van der Waals surface area contributed by atoms with Gasteiger partial charge in [-0.3, -0.25) is 0 Å². The number of rotatable bonds is 4. The highest BCUT2D eigenvalue weighted by molar-refractivity contribution is 5.67. The van der Waals surface area contributed by atoms with Crippen molar-refractivity contribution >= 4 is 6.09 Å². The number of halogens is 1. The van der Waals surface area contributed by atoms with E-state index in [-0.39, 0.29) is 11.7 Å². The predicted octanol–water partition coefficient (Wildman–Crippen LogP) is 1.85. The van der Waals surface area contributed by atoms with Gasteiger partial charge in [0.2, 0.25) is 0 Å². The molecule has 1 fully saturated rings. The van der Waals surface area contributed by atoms with E-state index in [0.717, 1.165) is 26.2 Å². The third-order valence-electron chi connectivity index (χ3n) is 3.22. The lowest BCUT2D eigenvalue weighted by molar-refractivity contribution is 0.151. The van der Waals surface area contributed by atoms with E-state index in [4.69, 9.17) is 4.74 Å². The van der Waals surface area contributed by atoms with Crippen molar-refractivity contribution in [3.63, 3.8) is 0 Å². The SMILES string of the molecule is C1CNCCN1.CCOC(=O)NCC(C)c1ccccc1F. The van der Waals surface area contributed by atoms with E-state index < -0.39 is 6.09 Å². The number of benzene rings is 1. The second-order valence-corrected chi connectivity index (χ2v) is 5.02. The molecule has 1 atom stereocenters. The molecular formula is C16H26FN3O2. The summed E-state index contributed by atoms with van der Waals surface area (Å²) in [4.78, 5) is 11.0. The Bertz CT molecular complexity index is 428. The topological polar surface area (TPSA) is 62.4 Å². The van der Waals surface area contributed by atoms with E-state index in [1.165, 1.54) is 6.07 Å². The van der Waals surface area contributed by atoms with Gasteiger partial charge >= 0.3 is 6.09 Å². The van der Waals surface area contributed by atoms with Crippen LogP contribution in [0.1, 0.15) is 25.3 Å². The van der Waals surface area contributed by atoms with E-state index >= 15 is 0 Å². The summed E-state index contributed by atoms with van der Waals surface area (Å²) in [5.41, 5.74) is 0.597. The Kier molecular flexibility index (Phi) is 9.18. The minimum absolute atomic E-state index is 0.0781. The number of nitrogens with one attached hydrogen (secondary N) is 3. The molecule has 0 aromatic heterocycles. The van der Waals surface area contributed by atoms with Crippen LogP contribution in [0, 0.1) is 5.82 Å². The molecule has 1 aliphatic rings. The molecule has 0 bridgehead atoms. The van der Waals surface area contributed by atoms with E-state index in [1.54, 1.807) is 25.1 Å². The third-order valence-corrected chi connectivity index (χ3v) is 3.22. The Morgan fingerprint density at radius 3 is 2.36 bits per heavy atom. The van der Waals surface area contributed by atoms with Crippen molar-refractivity contribution in [2.24, 2.45) is 0 Å². The molecule has 1 amide bonds. The van der Waals surface area contributed by atoms with Crippen LogP contribution in [0.25, 0.3) is 0 Å². The lowest BCUT2D eigenvalue weighted by Crippen LogP contribution is -2.39. The molecule has 22 heavy (non-hydrogen) atoms. The highest BCUT2D eigenvalue weighted by atomic mass is 19.1. The molecule has 2 rings (SSSR count). The molecule has 1 saturated heterocycles. The zero-order valence-electron chi connectivity index (χ0n) is 13.3. The first-order valence-electron chi connectivity index (χ1n) is 7.71. The lowest BCUT2D eigenvalue weighted by Gasteiger charge is -2.13. The Morgan fingerprint density at radius 1 is 1.27 bits per heavy atom. The van der Waals surface area contributed by atoms with Crippen molar-refractivity contribution < 1.29 is 13.9 Å². The van der Waals surface area contributed by atoms with Crippen LogP contribution in [0.5, 0.6) is 0 Å². The van der Waals surface area contributed by atoms with Crippen molar-refractivity contribution in [1.82, 2.24) is 16.0 Å². The zero-order valence-corrected chi connectivity index (χ0v) is 13.3. The lowest BCUT2D eigenvalue weighted by atomic mass is 10.0. The molecule has 0 spiro atoms. The van der Waals surface area contributed by atoms with Gasteiger partial charge in [0.1, 0.15) is 5.82 Å². The molecule has 0 saturated carbocycles. The van der Waals surface area contributed by atoms with E-state index in [2.05, 4.69) is 16.0 Å². The molecule has 3 N–H and O–H groups in total. The second kappa shape index (κ2) is 11.0. The summed E-state index contributed by atoms with van der Waals surface area (Å²) in [6.45, 7) is 8.84. The van der Waals surface area contributed by atoms with Crippen molar-refractivity contribution in [2.45, 2.75) is 19.8 Å². The summed E-state index contributed by atoms with van der Waals surface area (Å²) in [5, 5.41) is 9.03. The molecule has 1 aromatic carbocycles. The van der Waals surface area contributed by atoms with Gasteiger partial charge in [-0.15, -0.1) is 0 Å². The normalized spacial score (nSPS) is 15.2. The highest BCUT2D eigenvalue weighted by Gasteiger charge is 2.11. The molecular weight excluding hydrogens is 285 g/mol. The third kappa shape index (κ3) is 7.38. The maximum absolute atomic E-state index is 13.4. The van der Waals surface area contributed by atoms with Crippen molar-refractivity contribution in [2.75, 3.05) is 39.3 Å². The average molecular weight is 311 g/mol. The van der Waals surface area contributed by atoms with Gasteiger partial charge in [0.05, 0.1) is 6.61 Å². The van der Waals surface area contributed by atoms with Crippen LogP contribution in [-0.2, 0) is 4.74 Å².